The molecule has 1 aliphatic rings. The number of ketones is 1. The SMILES string of the molecule is Nc1cccc2c1C(=O)c1cnn(-c3ccncc3)c1-2. The van der Waals surface area contributed by atoms with E-state index in [1.807, 2.05) is 24.3 Å². The largest absolute Gasteiger partial charge is 0.398 e. The molecule has 0 unspecified atom stereocenters. The van der Waals surface area contributed by atoms with Crippen LogP contribution in [0.25, 0.3) is 16.9 Å². The minimum absolute atomic E-state index is 0.0617. The minimum atomic E-state index is -0.0617. The Bertz CT molecular complexity index is 836. The average molecular weight is 262 g/mol. The molecule has 1 aliphatic carbocycles. The summed E-state index contributed by atoms with van der Waals surface area (Å²) in [7, 11) is 0. The highest BCUT2D eigenvalue weighted by Gasteiger charge is 2.32. The first kappa shape index (κ1) is 10.9. The van der Waals surface area contributed by atoms with E-state index in [9.17, 15) is 4.79 Å². The van der Waals surface area contributed by atoms with Crippen molar-refractivity contribution in [2.75, 3.05) is 5.73 Å². The lowest BCUT2D eigenvalue weighted by Gasteiger charge is -2.07. The molecule has 0 saturated heterocycles. The van der Waals surface area contributed by atoms with Crippen LogP contribution in [0.2, 0.25) is 0 Å². The van der Waals surface area contributed by atoms with Gasteiger partial charge in [-0.05, 0) is 18.2 Å². The van der Waals surface area contributed by atoms with Crippen LogP contribution in [-0.2, 0) is 0 Å². The quantitative estimate of drug-likeness (QED) is 0.533. The maximum absolute atomic E-state index is 12.4. The molecule has 0 bridgehead atoms. The second-order valence-electron chi connectivity index (χ2n) is 4.62. The lowest BCUT2D eigenvalue weighted by Crippen LogP contribution is -2.01. The molecular weight excluding hydrogens is 252 g/mol. The third kappa shape index (κ3) is 1.29. The summed E-state index contributed by atoms with van der Waals surface area (Å²) in [6.07, 6.45) is 4.98. The van der Waals surface area contributed by atoms with E-state index in [4.69, 9.17) is 5.73 Å². The van der Waals surface area contributed by atoms with Gasteiger partial charge in [0.15, 0.2) is 5.78 Å². The van der Waals surface area contributed by atoms with Crippen LogP contribution in [0.15, 0.2) is 48.9 Å². The molecule has 2 heterocycles. The van der Waals surface area contributed by atoms with E-state index in [-0.39, 0.29) is 5.78 Å². The maximum atomic E-state index is 12.4. The molecule has 0 aliphatic heterocycles. The van der Waals surface area contributed by atoms with Gasteiger partial charge in [-0.2, -0.15) is 5.10 Å². The van der Waals surface area contributed by atoms with E-state index in [0.29, 0.717) is 16.8 Å². The number of nitrogens with two attached hydrogens (primary N) is 1. The van der Waals surface area contributed by atoms with E-state index in [1.54, 1.807) is 29.3 Å². The lowest BCUT2D eigenvalue weighted by molar-refractivity contribution is 0.104. The van der Waals surface area contributed by atoms with Crippen LogP contribution >= 0.6 is 0 Å². The van der Waals surface area contributed by atoms with E-state index in [0.717, 1.165) is 16.9 Å². The van der Waals surface area contributed by atoms with E-state index >= 15 is 0 Å². The molecule has 1 aromatic carbocycles. The first-order valence-electron chi connectivity index (χ1n) is 6.19. The highest BCUT2D eigenvalue weighted by molar-refractivity contribution is 6.23. The number of carbonyl (C=O) groups excluding carboxylic acids is 1. The number of benzene rings is 1. The molecule has 5 nitrogen and oxygen atoms in total. The zero-order chi connectivity index (χ0) is 13.7. The summed E-state index contributed by atoms with van der Waals surface area (Å²) in [6.45, 7) is 0. The first-order chi connectivity index (χ1) is 9.77. The maximum Gasteiger partial charge on any atom is 0.199 e. The van der Waals surface area contributed by atoms with Crippen LogP contribution in [0.3, 0.4) is 0 Å². The Kier molecular flexibility index (Phi) is 2.06. The van der Waals surface area contributed by atoms with Crippen molar-refractivity contribution in [2.45, 2.75) is 0 Å². The molecule has 0 amide bonds. The minimum Gasteiger partial charge on any atom is -0.398 e. The molecule has 4 rings (SSSR count). The molecule has 0 spiro atoms. The second kappa shape index (κ2) is 3.77. The summed E-state index contributed by atoms with van der Waals surface area (Å²) in [5, 5.41) is 4.31. The molecule has 96 valence electrons. The number of aromatic nitrogens is 3. The van der Waals surface area contributed by atoms with Crippen molar-refractivity contribution in [3.63, 3.8) is 0 Å². The molecular formula is C15H10N4O. The van der Waals surface area contributed by atoms with Gasteiger partial charge in [-0.3, -0.25) is 9.78 Å². The van der Waals surface area contributed by atoms with E-state index < -0.39 is 0 Å². The number of nitrogen functional groups attached to an aromatic ring is 1. The summed E-state index contributed by atoms with van der Waals surface area (Å²) in [4.78, 5) is 16.4. The van der Waals surface area contributed by atoms with Gasteiger partial charge in [-0.1, -0.05) is 12.1 Å². The highest BCUT2D eigenvalue weighted by atomic mass is 16.1. The van der Waals surface area contributed by atoms with Gasteiger partial charge in [0.2, 0.25) is 0 Å². The average Bonchev–Trinajstić information content (AvgIpc) is 3.02. The Balaban J connectivity index is 2.04. The summed E-state index contributed by atoms with van der Waals surface area (Å²) in [5.41, 5.74) is 10.1. The number of anilines is 1. The van der Waals surface area contributed by atoms with Gasteiger partial charge in [0.05, 0.1) is 28.7 Å². The van der Waals surface area contributed by atoms with Crippen LogP contribution in [0.1, 0.15) is 15.9 Å². The fourth-order valence-corrected chi connectivity index (χ4v) is 2.61. The zero-order valence-corrected chi connectivity index (χ0v) is 10.4. The summed E-state index contributed by atoms with van der Waals surface area (Å²) in [5.74, 6) is -0.0617. The summed E-state index contributed by atoms with van der Waals surface area (Å²) < 4.78 is 1.75. The standard InChI is InChI=1S/C15H10N4O/c16-12-3-1-2-10-13(12)15(20)11-8-18-19(14(10)11)9-4-6-17-7-5-9/h1-8H,16H2. The molecule has 0 radical (unpaired) electrons. The Morgan fingerprint density at radius 1 is 1.05 bits per heavy atom. The second-order valence-corrected chi connectivity index (χ2v) is 4.62. The lowest BCUT2D eigenvalue weighted by atomic mass is 10.1. The smallest absolute Gasteiger partial charge is 0.199 e. The van der Waals surface area contributed by atoms with Crippen LogP contribution in [-0.4, -0.2) is 20.5 Å². The third-order valence-electron chi connectivity index (χ3n) is 3.50. The van der Waals surface area contributed by atoms with Gasteiger partial charge in [0.1, 0.15) is 0 Å². The van der Waals surface area contributed by atoms with Crippen LogP contribution in [0.4, 0.5) is 5.69 Å². The van der Waals surface area contributed by atoms with Crippen molar-refractivity contribution < 1.29 is 4.79 Å². The van der Waals surface area contributed by atoms with Crippen molar-refractivity contribution >= 4 is 11.5 Å². The van der Waals surface area contributed by atoms with Gasteiger partial charge < -0.3 is 5.73 Å². The van der Waals surface area contributed by atoms with Gasteiger partial charge in [-0.25, -0.2) is 4.68 Å². The number of rotatable bonds is 1. The number of carbonyl (C=O) groups is 1. The first-order valence-corrected chi connectivity index (χ1v) is 6.19. The third-order valence-corrected chi connectivity index (χ3v) is 3.50. The van der Waals surface area contributed by atoms with Gasteiger partial charge >= 0.3 is 0 Å². The number of hydrogen-bond acceptors (Lipinski definition) is 4. The number of nitrogens with zero attached hydrogens (tertiary/aromatic N) is 3. The van der Waals surface area contributed by atoms with Crippen molar-refractivity contribution in [3.8, 4) is 16.9 Å². The fourth-order valence-electron chi connectivity index (χ4n) is 2.61. The molecule has 2 N–H and O–H groups in total. The molecule has 0 fully saturated rings. The monoisotopic (exact) mass is 262 g/mol. The number of hydrogen-bond donors (Lipinski definition) is 1. The Morgan fingerprint density at radius 3 is 2.65 bits per heavy atom. The van der Waals surface area contributed by atoms with Gasteiger partial charge in [0, 0.05) is 23.6 Å². The highest BCUT2D eigenvalue weighted by Crippen LogP contribution is 2.40. The number of fused-ring (bicyclic) bond motifs is 3. The van der Waals surface area contributed by atoms with Gasteiger partial charge in [-0.15, -0.1) is 0 Å². The van der Waals surface area contributed by atoms with Crippen molar-refractivity contribution in [3.05, 3.63) is 60.0 Å². The Labute approximate surface area is 114 Å². The van der Waals surface area contributed by atoms with Gasteiger partial charge in [0.25, 0.3) is 0 Å². The predicted octanol–water partition coefficient (Wildman–Crippen LogP) is 2.06. The molecule has 3 aromatic rings. The normalized spacial score (nSPS) is 12.3. The Morgan fingerprint density at radius 2 is 1.85 bits per heavy atom. The Hall–Kier alpha value is -2.95. The molecule has 0 saturated carbocycles. The van der Waals surface area contributed by atoms with Crippen molar-refractivity contribution in [2.24, 2.45) is 0 Å². The van der Waals surface area contributed by atoms with Crippen LogP contribution in [0, 0.1) is 0 Å². The number of pyridine rings is 1. The van der Waals surface area contributed by atoms with E-state index in [1.165, 1.54) is 0 Å². The summed E-state index contributed by atoms with van der Waals surface area (Å²) >= 11 is 0. The van der Waals surface area contributed by atoms with E-state index in [2.05, 4.69) is 10.1 Å². The topological polar surface area (TPSA) is 73.8 Å². The molecule has 2 aromatic heterocycles. The van der Waals surface area contributed by atoms with Crippen LogP contribution in [0.5, 0.6) is 0 Å². The fraction of sp³-hybridized carbons (Fsp3) is 0. The molecule has 0 atom stereocenters. The van der Waals surface area contributed by atoms with Crippen molar-refractivity contribution in [1.29, 1.82) is 0 Å². The summed E-state index contributed by atoms with van der Waals surface area (Å²) in [6, 6.07) is 9.19. The molecule has 20 heavy (non-hydrogen) atoms. The van der Waals surface area contributed by atoms with Crippen LogP contribution < -0.4 is 5.73 Å². The van der Waals surface area contributed by atoms with Crippen molar-refractivity contribution in [1.82, 2.24) is 14.8 Å². The zero-order valence-electron chi connectivity index (χ0n) is 10.4. The molecule has 5 heteroatoms. The predicted molar refractivity (Wildman–Crippen MR) is 74.6 cm³/mol.